The minimum absolute atomic E-state index is 0.00525. The maximum atomic E-state index is 13.4. The van der Waals surface area contributed by atoms with E-state index in [1.54, 1.807) is 11.3 Å². The molecule has 0 atom stereocenters. The second-order valence-corrected chi connectivity index (χ2v) is 9.98. The number of benzene rings is 1. The molecule has 0 radical (unpaired) electrons. The van der Waals surface area contributed by atoms with Crippen LogP contribution in [0.25, 0.3) is 15.9 Å². The maximum Gasteiger partial charge on any atom is 0.303 e. The normalized spacial score (nSPS) is 14.4. The number of hydrogen-bond donors (Lipinski definition) is 0. The van der Waals surface area contributed by atoms with E-state index in [0.29, 0.717) is 21.1 Å². The summed E-state index contributed by atoms with van der Waals surface area (Å²) in [4.78, 5) is 19.9. The first-order chi connectivity index (χ1) is 12.9. The van der Waals surface area contributed by atoms with E-state index < -0.39 is 16.0 Å². The Morgan fingerprint density at radius 2 is 1.93 bits per heavy atom. The molecule has 0 amide bonds. The van der Waals surface area contributed by atoms with Gasteiger partial charge in [-0.3, -0.25) is 9.36 Å². The van der Waals surface area contributed by atoms with Crippen molar-refractivity contribution >= 4 is 43.5 Å². The molecule has 5 nitrogen and oxygen atoms in total. The Kier molecular flexibility index (Phi) is 5.09. The smallest absolute Gasteiger partial charge is 0.268 e. The molecule has 0 fully saturated rings. The molecule has 0 aliphatic heterocycles. The number of rotatable bonds is 5. The second-order valence-electron chi connectivity index (χ2n) is 6.35. The molecule has 4 rings (SSSR count). The average Bonchev–Trinajstić information content (AvgIpc) is 3.00. The number of aromatic nitrogens is 2. The van der Waals surface area contributed by atoms with Crippen molar-refractivity contribution in [3.63, 3.8) is 0 Å². The van der Waals surface area contributed by atoms with Gasteiger partial charge in [0.2, 0.25) is 0 Å². The van der Waals surface area contributed by atoms with Crippen LogP contribution >= 0.6 is 23.1 Å². The standard InChI is InChI=1S/C18H17FN2O3S3/c19-27(23,24)11-10-25-18-20-16-15(13-8-4-5-9-14(13)26-16)17(22)21(18)12-6-2-1-3-7-12/h1-3,6-7H,4-5,8-11H2. The molecule has 1 aromatic carbocycles. The molecule has 2 heterocycles. The zero-order valence-corrected chi connectivity index (χ0v) is 16.8. The van der Waals surface area contributed by atoms with Crippen LogP contribution in [0.3, 0.4) is 0 Å². The van der Waals surface area contributed by atoms with E-state index in [1.165, 1.54) is 9.44 Å². The molecular formula is C18H17FN2O3S3. The van der Waals surface area contributed by atoms with Crippen LogP contribution in [0.1, 0.15) is 23.3 Å². The summed E-state index contributed by atoms with van der Waals surface area (Å²) in [6, 6.07) is 9.13. The largest absolute Gasteiger partial charge is 0.303 e. The molecule has 0 saturated heterocycles. The summed E-state index contributed by atoms with van der Waals surface area (Å²) in [7, 11) is -4.56. The van der Waals surface area contributed by atoms with E-state index in [1.807, 2.05) is 30.3 Å². The van der Waals surface area contributed by atoms with Crippen molar-refractivity contribution in [2.24, 2.45) is 0 Å². The third-order valence-corrected chi connectivity index (χ3v) is 7.61. The molecule has 1 aliphatic rings. The Balaban J connectivity index is 1.88. The minimum Gasteiger partial charge on any atom is -0.268 e. The highest BCUT2D eigenvalue weighted by molar-refractivity contribution is 8.00. The average molecular weight is 425 g/mol. The monoisotopic (exact) mass is 424 g/mol. The maximum absolute atomic E-state index is 13.4. The van der Waals surface area contributed by atoms with Gasteiger partial charge >= 0.3 is 10.2 Å². The summed E-state index contributed by atoms with van der Waals surface area (Å²) >= 11 is 2.62. The highest BCUT2D eigenvalue weighted by atomic mass is 32.3. The molecule has 9 heteroatoms. The van der Waals surface area contributed by atoms with Crippen LogP contribution < -0.4 is 5.56 Å². The van der Waals surface area contributed by atoms with Crippen LogP contribution in [-0.4, -0.2) is 29.5 Å². The number of thiophene rings is 1. The number of aryl methyl sites for hydroxylation is 2. The number of thioether (sulfide) groups is 1. The zero-order chi connectivity index (χ0) is 19.0. The third kappa shape index (κ3) is 3.81. The number of nitrogens with zero attached hydrogens (tertiary/aromatic N) is 2. The molecule has 27 heavy (non-hydrogen) atoms. The fraction of sp³-hybridized carbons (Fsp3) is 0.333. The van der Waals surface area contributed by atoms with Crippen molar-refractivity contribution in [1.82, 2.24) is 9.55 Å². The summed E-state index contributed by atoms with van der Waals surface area (Å²) < 4.78 is 36.0. The SMILES string of the molecule is O=c1c2c3c(sc2nc(SCCS(=O)(=O)F)n1-c1ccccc1)CCCC3. The van der Waals surface area contributed by atoms with Gasteiger partial charge in [-0.1, -0.05) is 30.0 Å². The van der Waals surface area contributed by atoms with Crippen LogP contribution in [0, 0.1) is 0 Å². The lowest BCUT2D eigenvalue weighted by Crippen LogP contribution is -2.22. The number of hydrogen-bond acceptors (Lipinski definition) is 6. The van der Waals surface area contributed by atoms with E-state index in [0.717, 1.165) is 43.0 Å². The molecular weight excluding hydrogens is 407 g/mol. The Hall–Kier alpha value is -1.71. The van der Waals surface area contributed by atoms with Gasteiger partial charge in [0.25, 0.3) is 5.56 Å². The van der Waals surface area contributed by atoms with E-state index in [2.05, 4.69) is 4.98 Å². The second kappa shape index (κ2) is 7.37. The van der Waals surface area contributed by atoms with Gasteiger partial charge in [-0.05, 0) is 43.4 Å². The molecule has 0 bridgehead atoms. The third-order valence-electron chi connectivity index (χ3n) is 4.53. The molecule has 1 aliphatic carbocycles. The van der Waals surface area contributed by atoms with E-state index in [-0.39, 0.29) is 11.3 Å². The van der Waals surface area contributed by atoms with Crippen LogP contribution in [0.15, 0.2) is 40.3 Å². The van der Waals surface area contributed by atoms with Crippen molar-refractivity contribution < 1.29 is 12.3 Å². The first kappa shape index (κ1) is 18.6. The topological polar surface area (TPSA) is 69.0 Å². The van der Waals surface area contributed by atoms with E-state index in [9.17, 15) is 17.1 Å². The summed E-state index contributed by atoms with van der Waals surface area (Å²) in [6.45, 7) is 0. The van der Waals surface area contributed by atoms with E-state index in [4.69, 9.17) is 0 Å². The lowest BCUT2D eigenvalue weighted by atomic mass is 9.97. The van der Waals surface area contributed by atoms with E-state index >= 15 is 0 Å². The van der Waals surface area contributed by atoms with Crippen LogP contribution in [-0.2, 0) is 23.1 Å². The fourth-order valence-corrected chi connectivity index (χ4v) is 6.42. The Morgan fingerprint density at radius 3 is 2.67 bits per heavy atom. The van der Waals surface area contributed by atoms with Gasteiger partial charge < -0.3 is 0 Å². The quantitative estimate of drug-likeness (QED) is 0.355. The van der Waals surface area contributed by atoms with Gasteiger partial charge in [0.1, 0.15) is 4.83 Å². The number of fused-ring (bicyclic) bond motifs is 3. The van der Waals surface area contributed by atoms with Crippen LogP contribution in [0.2, 0.25) is 0 Å². The molecule has 3 aromatic rings. The van der Waals surface area contributed by atoms with Gasteiger partial charge in [-0.15, -0.1) is 15.2 Å². The van der Waals surface area contributed by atoms with Crippen molar-refractivity contribution in [3.05, 3.63) is 51.1 Å². The predicted octanol–water partition coefficient (Wildman–Crippen LogP) is 3.72. The van der Waals surface area contributed by atoms with Crippen molar-refractivity contribution in [3.8, 4) is 5.69 Å². The van der Waals surface area contributed by atoms with Gasteiger partial charge in [-0.25, -0.2) is 4.98 Å². The first-order valence-electron chi connectivity index (χ1n) is 8.62. The number of para-hydroxylation sites is 1. The fourth-order valence-electron chi connectivity index (χ4n) is 3.32. The van der Waals surface area contributed by atoms with Crippen molar-refractivity contribution in [1.29, 1.82) is 0 Å². The molecule has 0 N–H and O–H groups in total. The Morgan fingerprint density at radius 1 is 1.19 bits per heavy atom. The lowest BCUT2D eigenvalue weighted by Gasteiger charge is -2.13. The summed E-state index contributed by atoms with van der Waals surface area (Å²) in [5.41, 5.74) is 1.63. The summed E-state index contributed by atoms with van der Waals surface area (Å²) in [5, 5.41) is 1.06. The van der Waals surface area contributed by atoms with Gasteiger partial charge in [0.05, 0.1) is 16.8 Å². The Bertz CT molecular complexity index is 1150. The summed E-state index contributed by atoms with van der Waals surface area (Å²) in [6.07, 6.45) is 4.02. The molecule has 0 saturated carbocycles. The summed E-state index contributed by atoms with van der Waals surface area (Å²) in [5.74, 6) is -0.615. The molecule has 0 unspecified atom stereocenters. The molecule has 2 aromatic heterocycles. The minimum atomic E-state index is -4.56. The van der Waals surface area contributed by atoms with Crippen LogP contribution in [0.4, 0.5) is 3.89 Å². The van der Waals surface area contributed by atoms with Crippen molar-refractivity contribution in [2.75, 3.05) is 11.5 Å². The lowest BCUT2D eigenvalue weighted by molar-refractivity contribution is 0.554. The first-order valence-corrected chi connectivity index (χ1v) is 12.0. The van der Waals surface area contributed by atoms with Gasteiger partial charge in [0, 0.05) is 10.6 Å². The predicted molar refractivity (Wildman–Crippen MR) is 107 cm³/mol. The number of halogens is 1. The Labute approximate surface area is 164 Å². The van der Waals surface area contributed by atoms with Crippen LogP contribution in [0.5, 0.6) is 0 Å². The molecule has 0 spiro atoms. The zero-order valence-electron chi connectivity index (χ0n) is 14.4. The highest BCUT2D eigenvalue weighted by Crippen LogP contribution is 2.35. The highest BCUT2D eigenvalue weighted by Gasteiger charge is 2.23. The van der Waals surface area contributed by atoms with Gasteiger partial charge in [0.15, 0.2) is 5.16 Å². The molecule has 142 valence electrons. The van der Waals surface area contributed by atoms with Crippen molar-refractivity contribution in [2.45, 2.75) is 30.8 Å². The van der Waals surface area contributed by atoms with Gasteiger partial charge in [-0.2, -0.15) is 8.42 Å².